The SMILES string of the molecule is COC(=O)C(C)c1ccccc1/C=C/C(=O)O. The summed E-state index contributed by atoms with van der Waals surface area (Å²) in [4.78, 5) is 21.9. The van der Waals surface area contributed by atoms with Gasteiger partial charge in [0.25, 0.3) is 0 Å². The van der Waals surface area contributed by atoms with E-state index in [1.54, 1.807) is 31.2 Å². The number of carboxylic acid groups (broad SMARTS) is 1. The number of esters is 1. The number of carboxylic acids is 1. The zero-order valence-electron chi connectivity index (χ0n) is 9.71. The maximum Gasteiger partial charge on any atom is 0.328 e. The Bertz CT molecular complexity index is 448. The van der Waals surface area contributed by atoms with E-state index in [1.807, 2.05) is 0 Å². The van der Waals surface area contributed by atoms with Crippen LogP contribution in [0.4, 0.5) is 0 Å². The van der Waals surface area contributed by atoms with E-state index in [0.717, 1.165) is 11.6 Å². The molecular weight excluding hydrogens is 220 g/mol. The van der Waals surface area contributed by atoms with Crippen LogP contribution < -0.4 is 0 Å². The number of benzene rings is 1. The number of hydrogen-bond donors (Lipinski definition) is 1. The summed E-state index contributed by atoms with van der Waals surface area (Å²) in [7, 11) is 1.33. The van der Waals surface area contributed by atoms with E-state index < -0.39 is 11.9 Å². The molecule has 0 saturated heterocycles. The Balaban J connectivity index is 3.07. The molecule has 0 heterocycles. The van der Waals surface area contributed by atoms with Crippen molar-refractivity contribution in [2.45, 2.75) is 12.8 Å². The van der Waals surface area contributed by atoms with Crippen LogP contribution in [0.1, 0.15) is 24.0 Å². The number of methoxy groups -OCH3 is 1. The molecule has 0 aliphatic heterocycles. The van der Waals surface area contributed by atoms with Crippen LogP contribution in [0.2, 0.25) is 0 Å². The highest BCUT2D eigenvalue weighted by Crippen LogP contribution is 2.22. The van der Waals surface area contributed by atoms with Gasteiger partial charge in [-0.2, -0.15) is 0 Å². The lowest BCUT2D eigenvalue weighted by molar-refractivity contribution is -0.142. The quantitative estimate of drug-likeness (QED) is 0.639. The first-order valence-corrected chi connectivity index (χ1v) is 5.14. The minimum atomic E-state index is -1.02. The molecule has 1 atom stereocenters. The lowest BCUT2D eigenvalue weighted by Crippen LogP contribution is -2.11. The molecule has 0 aliphatic carbocycles. The molecule has 4 nitrogen and oxygen atoms in total. The van der Waals surface area contributed by atoms with Crippen LogP contribution in [0.25, 0.3) is 6.08 Å². The maximum atomic E-state index is 11.4. The second-order valence-corrected chi connectivity index (χ2v) is 3.55. The third kappa shape index (κ3) is 3.45. The highest BCUT2D eigenvalue weighted by atomic mass is 16.5. The third-order valence-electron chi connectivity index (χ3n) is 2.42. The van der Waals surface area contributed by atoms with Crippen LogP contribution in [-0.4, -0.2) is 24.2 Å². The van der Waals surface area contributed by atoms with Crippen LogP contribution in [0.5, 0.6) is 0 Å². The van der Waals surface area contributed by atoms with Crippen molar-refractivity contribution in [3.63, 3.8) is 0 Å². The normalized spacial score (nSPS) is 12.4. The van der Waals surface area contributed by atoms with Crippen molar-refractivity contribution in [1.82, 2.24) is 0 Å². The van der Waals surface area contributed by atoms with Crippen molar-refractivity contribution in [3.8, 4) is 0 Å². The number of aliphatic carboxylic acids is 1. The molecule has 17 heavy (non-hydrogen) atoms. The predicted molar refractivity (Wildman–Crippen MR) is 63.5 cm³/mol. The van der Waals surface area contributed by atoms with E-state index in [2.05, 4.69) is 4.74 Å². The Hall–Kier alpha value is -2.10. The van der Waals surface area contributed by atoms with Gasteiger partial charge in [0.15, 0.2) is 0 Å². The lowest BCUT2D eigenvalue weighted by atomic mass is 9.95. The summed E-state index contributed by atoms with van der Waals surface area (Å²) < 4.78 is 4.67. The molecule has 1 N–H and O–H groups in total. The summed E-state index contributed by atoms with van der Waals surface area (Å²) >= 11 is 0. The standard InChI is InChI=1S/C13H14O4/c1-9(13(16)17-2)11-6-4-3-5-10(11)7-8-12(14)15/h3-9H,1-2H3,(H,14,15)/b8-7+. The Morgan fingerprint density at radius 3 is 2.59 bits per heavy atom. The van der Waals surface area contributed by atoms with Gasteiger partial charge in [-0.05, 0) is 24.1 Å². The van der Waals surface area contributed by atoms with E-state index in [-0.39, 0.29) is 5.97 Å². The molecule has 0 radical (unpaired) electrons. The van der Waals surface area contributed by atoms with E-state index >= 15 is 0 Å². The topological polar surface area (TPSA) is 63.6 Å². The molecule has 1 aromatic carbocycles. The van der Waals surface area contributed by atoms with Gasteiger partial charge in [-0.3, -0.25) is 4.79 Å². The van der Waals surface area contributed by atoms with E-state index in [1.165, 1.54) is 13.2 Å². The molecule has 1 rings (SSSR count). The van der Waals surface area contributed by atoms with Crippen LogP contribution in [0.3, 0.4) is 0 Å². The van der Waals surface area contributed by atoms with Gasteiger partial charge in [0.05, 0.1) is 13.0 Å². The summed E-state index contributed by atoms with van der Waals surface area (Å²) in [6.07, 6.45) is 2.51. The average molecular weight is 234 g/mol. The minimum Gasteiger partial charge on any atom is -0.478 e. The Morgan fingerprint density at radius 1 is 1.35 bits per heavy atom. The van der Waals surface area contributed by atoms with E-state index in [9.17, 15) is 9.59 Å². The molecule has 0 bridgehead atoms. The second-order valence-electron chi connectivity index (χ2n) is 3.55. The summed E-state index contributed by atoms with van der Waals surface area (Å²) in [5.74, 6) is -1.79. The Morgan fingerprint density at radius 2 is 2.00 bits per heavy atom. The van der Waals surface area contributed by atoms with Crippen molar-refractivity contribution in [2.75, 3.05) is 7.11 Å². The zero-order chi connectivity index (χ0) is 12.8. The van der Waals surface area contributed by atoms with Crippen molar-refractivity contribution in [1.29, 1.82) is 0 Å². The molecule has 90 valence electrons. The summed E-state index contributed by atoms with van der Waals surface area (Å²) in [6, 6.07) is 7.12. The van der Waals surface area contributed by atoms with Gasteiger partial charge in [0.1, 0.15) is 0 Å². The molecule has 0 aliphatic rings. The van der Waals surface area contributed by atoms with Gasteiger partial charge >= 0.3 is 11.9 Å². The number of ether oxygens (including phenoxy) is 1. The number of carbonyl (C=O) groups is 2. The van der Waals surface area contributed by atoms with Crippen LogP contribution in [-0.2, 0) is 14.3 Å². The molecule has 4 heteroatoms. The Kier molecular flexibility index (Phi) is 4.46. The first kappa shape index (κ1) is 13.0. The van der Waals surface area contributed by atoms with E-state index in [0.29, 0.717) is 5.56 Å². The average Bonchev–Trinajstić information content (AvgIpc) is 2.34. The fraction of sp³-hybridized carbons (Fsp3) is 0.231. The molecule has 0 fully saturated rings. The maximum absolute atomic E-state index is 11.4. The van der Waals surface area contributed by atoms with E-state index in [4.69, 9.17) is 5.11 Å². The third-order valence-corrected chi connectivity index (χ3v) is 2.42. The number of rotatable bonds is 4. The van der Waals surface area contributed by atoms with Crippen molar-refractivity contribution < 1.29 is 19.4 Å². The zero-order valence-corrected chi connectivity index (χ0v) is 9.71. The van der Waals surface area contributed by atoms with Crippen molar-refractivity contribution >= 4 is 18.0 Å². The number of hydrogen-bond acceptors (Lipinski definition) is 3. The number of carbonyl (C=O) groups excluding carboxylic acids is 1. The van der Waals surface area contributed by atoms with Gasteiger partial charge in [0.2, 0.25) is 0 Å². The Labute approximate surface area is 99.5 Å². The largest absolute Gasteiger partial charge is 0.478 e. The van der Waals surface area contributed by atoms with Crippen LogP contribution in [0.15, 0.2) is 30.3 Å². The highest BCUT2D eigenvalue weighted by molar-refractivity contribution is 5.86. The smallest absolute Gasteiger partial charge is 0.328 e. The fourth-order valence-electron chi connectivity index (χ4n) is 1.52. The first-order chi connectivity index (χ1) is 8.06. The minimum absolute atomic E-state index is 0.346. The second kappa shape index (κ2) is 5.84. The first-order valence-electron chi connectivity index (χ1n) is 5.14. The highest BCUT2D eigenvalue weighted by Gasteiger charge is 2.17. The van der Waals surface area contributed by atoms with Crippen LogP contribution >= 0.6 is 0 Å². The summed E-state index contributed by atoms with van der Waals surface area (Å²) in [6.45, 7) is 1.72. The molecular formula is C13H14O4. The van der Waals surface area contributed by atoms with Gasteiger partial charge < -0.3 is 9.84 Å². The summed E-state index contributed by atoms with van der Waals surface area (Å²) in [5.41, 5.74) is 1.45. The van der Waals surface area contributed by atoms with Gasteiger partial charge in [-0.15, -0.1) is 0 Å². The lowest BCUT2D eigenvalue weighted by Gasteiger charge is -2.12. The van der Waals surface area contributed by atoms with Gasteiger partial charge in [-0.1, -0.05) is 24.3 Å². The molecule has 0 saturated carbocycles. The van der Waals surface area contributed by atoms with Crippen molar-refractivity contribution in [2.24, 2.45) is 0 Å². The molecule has 0 spiro atoms. The van der Waals surface area contributed by atoms with Crippen molar-refractivity contribution in [3.05, 3.63) is 41.5 Å². The molecule has 0 aromatic heterocycles. The molecule has 1 unspecified atom stereocenters. The summed E-state index contributed by atoms with van der Waals surface area (Å²) in [5, 5.41) is 8.58. The van der Waals surface area contributed by atoms with Gasteiger partial charge in [0, 0.05) is 6.08 Å². The monoisotopic (exact) mass is 234 g/mol. The van der Waals surface area contributed by atoms with Gasteiger partial charge in [-0.25, -0.2) is 4.79 Å². The predicted octanol–water partition coefficient (Wildman–Crippen LogP) is 2.06. The molecule has 0 amide bonds. The fourth-order valence-corrected chi connectivity index (χ4v) is 1.52. The molecule has 1 aromatic rings. The van der Waals surface area contributed by atoms with Crippen LogP contribution in [0, 0.1) is 0 Å².